The van der Waals surface area contributed by atoms with Crippen molar-refractivity contribution in [3.8, 4) is 0 Å². The molecule has 0 heterocycles. The van der Waals surface area contributed by atoms with Gasteiger partial charge in [-0.2, -0.15) is 13.2 Å². The van der Waals surface area contributed by atoms with Gasteiger partial charge in [-0.15, -0.1) is 0 Å². The van der Waals surface area contributed by atoms with Crippen LogP contribution >= 0.6 is 0 Å². The van der Waals surface area contributed by atoms with E-state index in [4.69, 9.17) is 5.11 Å². The predicted octanol–water partition coefficient (Wildman–Crippen LogP) is 2.31. The van der Waals surface area contributed by atoms with Crippen molar-refractivity contribution in [3.05, 3.63) is 29.8 Å². The number of carbonyl (C=O) groups is 1. The average Bonchev–Trinajstić information content (AvgIpc) is 2.26. The molecule has 0 aliphatic carbocycles. The summed E-state index contributed by atoms with van der Waals surface area (Å²) in [4.78, 5) is 10.3. The van der Waals surface area contributed by atoms with Gasteiger partial charge in [0.05, 0.1) is 11.3 Å². The van der Waals surface area contributed by atoms with Gasteiger partial charge in [0.1, 0.15) is 0 Å². The minimum atomic E-state index is -4.56. The van der Waals surface area contributed by atoms with Crippen molar-refractivity contribution < 1.29 is 31.5 Å². The monoisotopic (exact) mass is 311 g/mol. The number of sulfonamides is 1. The number of anilines is 1. The highest BCUT2D eigenvalue weighted by Gasteiger charge is 2.30. The first-order valence-corrected chi connectivity index (χ1v) is 7.15. The standard InChI is InChI=1S/C11H12F3NO4S/c12-11(13,14)8-3-1-4-9(7-8)15-20(18,19)6-2-5-10(16)17/h1,3-4,7,15H,2,5-6H2,(H,16,17). The summed E-state index contributed by atoms with van der Waals surface area (Å²) in [6.07, 6.45) is -5.02. The highest BCUT2D eigenvalue weighted by molar-refractivity contribution is 7.92. The predicted molar refractivity (Wildman–Crippen MR) is 65.7 cm³/mol. The van der Waals surface area contributed by atoms with Crippen LogP contribution in [-0.2, 0) is 21.0 Å². The van der Waals surface area contributed by atoms with Crippen molar-refractivity contribution in [2.24, 2.45) is 0 Å². The summed E-state index contributed by atoms with van der Waals surface area (Å²) in [5, 5.41) is 8.39. The summed E-state index contributed by atoms with van der Waals surface area (Å²) in [5.74, 6) is -1.62. The fourth-order valence-electron chi connectivity index (χ4n) is 1.40. The molecule has 0 atom stereocenters. The number of aliphatic carboxylic acids is 1. The van der Waals surface area contributed by atoms with Crippen LogP contribution in [-0.4, -0.2) is 25.2 Å². The summed E-state index contributed by atoms with van der Waals surface area (Å²) in [7, 11) is -3.87. The third kappa shape index (κ3) is 5.47. The van der Waals surface area contributed by atoms with Gasteiger partial charge in [0.2, 0.25) is 10.0 Å². The lowest BCUT2D eigenvalue weighted by Gasteiger charge is -2.10. The van der Waals surface area contributed by atoms with Crippen LogP contribution < -0.4 is 4.72 Å². The van der Waals surface area contributed by atoms with Gasteiger partial charge in [0, 0.05) is 12.1 Å². The van der Waals surface area contributed by atoms with Crippen LogP contribution in [0.25, 0.3) is 0 Å². The molecule has 0 fully saturated rings. The summed E-state index contributed by atoms with van der Waals surface area (Å²) in [6.45, 7) is 0. The van der Waals surface area contributed by atoms with Gasteiger partial charge in [-0.05, 0) is 24.6 Å². The minimum absolute atomic E-state index is 0.121. The number of carboxylic acid groups (broad SMARTS) is 1. The van der Waals surface area contributed by atoms with Crippen LogP contribution in [0.4, 0.5) is 18.9 Å². The molecule has 1 rings (SSSR count). The Labute approximate surface area is 113 Å². The number of hydrogen-bond donors (Lipinski definition) is 2. The van der Waals surface area contributed by atoms with Crippen molar-refractivity contribution >= 4 is 21.7 Å². The van der Waals surface area contributed by atoms with E-state index in [9.17, 15) is 26.4 Å². The largest absolute Gasteiger partial charge is 0.481 e. The maximum atomic E-state index is 12.4. The minimum Gasteiger partial charge on any atom is -0.481 e. The van der Waals surface area contributed by atoms with E-state index in [-0.39, 0.29) is 18.5 Å². The van der Waals surface area contributed by atoms with Gasteiger partial charge in [0.15, 0.2) is 0 Å². The van der Waals surface area contributed by atoms with Gasteiger partial charge in [0.25, 0.3) is 0 Å². The summed E-state index contributed by atoms with van der Waals surface area (Å²) >= 11 is 0. The Hall–Kier alpha value is -1.77. The molecule has 0 unspecified atom stereocenters. The van der Waals surface area contributed by atoms with E-state index in [1.54, 1.807) is 0 Å². The van der Waals surface area contributed by atoms with Crippen LogP contribution in [0.15, 0.2) is 24.3 Å². The third-order valence-electron chi connectivity index (χ3n) is 2.27. The second-order valence-electron chi connectivity index (χ2n) is 4.00. The number of benzene rings is 1. The lowest BCUT2D eigenvalue weighted by molar-refractivity contribution is -0.138. The molecule has 112 valence electrons. The van der Waals surface area contributed by atoms with Gasteiger partial charge in [-0.25, -0.2) is 8.42 Å². The van der Waals surface area contributed by atoms with E-state index in [0.717, 1.165) is 12.1 Å². The zero-order valence-electron chi connectivity index (χ0n) is 10.1. The molecule has 0 saturated heterocycles. The Kier molecular flexibility index (Phi) is 4.98. The molecule has 0 aromatic heterocycles. The second-order valence-corrected chi connectivity index (χ2v) is 5.84. The zero-order valence-corrected chi connectivity index (χ0v) is 11.0. The molecule has 0 radical (unpaired) electrons. The van der Waals surface area contributed by atoms with E-state index in [2.05, 4.69) is 0 Å². The normalized spacial score (nSPS) is 12.2. The Balaban J connectivity index is 2.75. The van der Waals surface area contributed by atoms with Crippen molar-refractivity contribution in [2.45, 2.75) is 19.0 Å². The Morgan fingerprint density at radius 1 is 1.30 bits per heavy atom. The third-order valence-corrected chi connectivity index (χ3v) is 3.64. The van der Waals surface area contributed by atoms with Gasteiger partial charge in [-0.1, -0.05) is 6.07 Å². The van der Waals surface area contributed by atoms with Gasteiger partial charge < -0.3 is 5.11 Å². The van der Waals surface area contributed by atoms with Crippen molar-refractivity contribution in [3.63, 3.8) is 0 Å². The highest BCUT2D eigenvalue weighted by atomic mass is 32.2. The van der Waals surface area contributed by atoms with Crippen LogP contribution in [0.2, 0.25) is 0 Å². The lowest BCUT2D eigenvalue weighted by atomic mass is 10.2. The molecule has 0 aliphatic rings. The van der Waals surface area contributed by atoms with E-state index < -0.39 is 33.5 Å². The summed E-state index contributed by atoms with van der Waals surface area (Å²) in [5.41, 5.74) is -1.18. The number of alkyl halides is 3. The Morgan fingerprint density at radius 2 is 1.95 bits per heavy atom. The maximum Gasteiger partial charge on any atom is 0.416 e. The average molecular weight is 311 g/mol. The quantitative estimate of drug-likeness (QED) is 0.844. The Morgan fingerprint density at radius 3 is 2.50 bits per heavy atom. The molecular formula is C11H12F3NO4S. The fraction of sp³-hybridized carbons (Fsp3) is 0.364. The number of rotatable bonds is 6. The number of halogens is 3. The Bertz CT molecular complexity index is 584. The van der Waals surface area contributed by atoms with Crippen LogP contribution in [0.3, 0.4) is 0 Å². The van der Waals surface area contributed by atoms with Gasteiger partial charge in [-0.3, -0.25) is 9.52 Å². The molecule has 0 saturated carbocycles. The zero-order chi connectivity index (χ0) is 15.4. The topological polar surface area (TPSA) is 83.5 Å². The molecule has 0 amide bonds. The van der Waals surface area contributed by atoms with Crippen LogP contribution in [0, 0.1) is 0 Å². The molecule has 5 nitrogen and oxygen atoms in total. The first-order valence-electron chi connectivity index (χ1n) is 5.50. The maximum absolute atomic E-state index is 12.4. The van der Waals surface area contributed by atoms with E-state index in [1.165, 1.54) is 6.07 Å². The first kappa shape index (κ1) is 16.3. The molecule has 1 aromatic carbocycles. The van der Waals surface area contributed by atoms with Crippen LogP contribution in [0.5, 0.6) is 0 Å². The number of nitrogens with one attached hydrogen (secondary N) is 1. The lowest BCUT2D eigenvalue weighted by Crippen LogP contribution is -2.18. The summed E-state index contributed by atoms with van der Waals surface area (Å²) < 4.78 is 62.4. The number of hydrogen-bond acceptors (Lipinski definition) is 3. The molecular weight excluding hydrogens is 299 g/mol. The van der Waals surface area contributed by atoms with Crippen molar-refractivity contribution in [1.82, 2.24) is 0 Å². The second kappa shape index (κ2) is 6.12. The SMILES string of the molecule is O=C(O)CCCS(=O)(=O)Nc1cccc(C(F)(F)F)c1. The molecule has 0 spiro atoms. The first-order chi connectivity index (χ1) is 9.10. The molecule has 9 heteroatoms. The number of carboxylic acids is 1. The molecule has 0 aliphatic heterocycles. The summed E-state index contributed by atoms with van der Waals surface area (Å²) in [6, 6.07) is 3.76. The fourth-order valence-corrected chi connectivity index (χ4v) is 2.52. The van der Waals surface area contributed by atoms with E-state index in [0.29, 0.717) is 6.07 Å². The van der Waals surface area contributed by atoms with Crippen molar-refractivity contribution in [1.29, 1.82) is 0 Å². The molecule has 0 bridgehead atoms. The van der Waals surface area contributed by atoms with Crippen LogP contribution in [0.1, 0.15) is 18.4 Å². The van der Waals surface area contributed by atoms with Gasteiger partial charge >= 0.3 is 12.1 Å². The molecule has 1 aromatic rings. The van der Waals surface area contributed by atoms with E-state index >= 15 is 0 Å². The molecule has 2 N–H and O–H groups in total. The smallest absolute Gasteiger partial charge is 0.416 e. The van der Waals surface area contributed by atoms with E-state index in [1.807, 2.05) is 4.72 Å². The van der Waals surface area contributed by atoms with Crippen molar-refractivity contribution in [2.75, 3.05) is 10.5 Å². The molecule has 20 heavy (non-hydrogen) atoms. The highest BCUT2D eigenvalue weighted by Crippen LogP contribution is 2.30.